The van der Waals surface area contributed by atoms with E-state index < -0.39 is 18.1 Å². The first-order valence-corrected chi connectivity index (χ1v) is 6.52. The highest BCUT2D eigenvalue weighted by Crippen LogP contribution is 2.10. The van der Waals surface area contributed by atoms with Gasteiger partial charge in [-0.2, -0.15) is 0 Å². The van der Waals surface area contributed by atoms with Crippen molar-refractivity contribution in [2.24, 2.45) is 11.8 Å². The minimum absolute atomic E-state index is 0.00986. The van der Waals surface area contributed by atoms with Gasteiger partial charge in [0.1, 0.15) is 6.04 Å². The molecule has 0 radical (unpaired) electrons. The van der Waals surface area contributed by atoms with Crippen LogP contribution in [0.15, 0.2) is 0 Å². The summed E-state index contributed by atoms with van der Waals surface area (Å²) in [5.74, 6) is -0.135. The van der Waals surface area contributed by atoms with Gasteiger partial charge in [0.25, 0.3) is 0 Å². The smallest absolute Gasteiger partial charge is 0.407 e. The molecule has 1 amide bonds. The molecule has 1 N–H and O–H groups in total. The van der Waals surface area contributed by atoms with Gasteiger partial charge in [0.2, 0.25) is 0 Å². The minimum Gasteiger partial charge on any atom is -0.464 e. The van der Waals surface area contributed by atoms with Crippen LogP contribution in [-0.4, -0.2) is 31.3 Å². The van der Waals surface area contributed by atoms with Crippen LogP contribution in [0.3, 0.4) is 0 Å². The van der Waals surface area contributed by atoms with Gasteiger partial charge in [-0.05, 0) is 18.8 Å². The summed E-state index contributed by atoms with van der Waals surface area (Å²) in [5, 5.41) is 2.57. The van der Waals surface area contributed by atoms with Crippen LogP contribution in [0, 0.1) is 11.8 Å². The van der Waals surface area contributed by atoms with Crippen LogP contribution in [0.2, 0.25) is 0 Å². The quantitative estimate of drug-likeness (QED) is 0.713. The summed E-state index contributed by atoms with van der Waals surface area (Å²) in [7, 11) is 0. The lowest BCUT2D eigenvalue weighted by molar-refractivity contribution is -0.146. The topological polar surface area (TPSA) is 64.6 Å². The molecule has 1 unspecified atom stereocenters. The van der Waals surface area contributed by atoms with Crippen molar-refractivity contribution in [2.45, 2.75) is 47.1 Å². The van der Waals surface area contributed by atoms with Crippen molar-refractivity contribution < 1.29 is 19.1 Å². The molecule has 18 heavy (non-hydrogen) atoms. The van der Waals surface area contributed by atoms with E-state index in [1.807, 2.05) is 27.7 Å². The normalized spacial score (nSPS) is 13.9. The second-order valence-electron chi connectivity index (χ2n) is 4.75. The Labute approximate surface area is 109 Å². The van der Waals surface area contributed by atoms with Crippen molar-refractivity contribution in [2.75, 3.05) is 13.2 Å². The Bertz CT molecular complexity index is 266. The third-order valence-electron chi connectivity index (χ3n) is 2.57. The Kier molecular flexibility index (Phi) is 8.16. The van der Waals surface area contributed by atoms with Gasteiger partial charge in [0.05, 0.1) is 13.2 Å². The van der Waals surface area contributed by atoms with Crippen LogP contribution in [0.4, 0.5) is 4.79 Å². The zero-order valence-electron chi connectivity index (χ0n) is 12.0. The number of alkyl carbamates (subject to hydrolysis) is 1. The fourth-order valence-corrected chi connectivity index (χ4v) is 1.31. The Hall–Kier alpha value is -1.26. The predicted octanol–water partition coefficient (Wildman–Crippen LogP) is 2.35. The maximum atomic E-state index is 11.7. The Morgan fingerprint density at radius 3 is 2.17 bits per heavy atom. The summed E-state index contributed by atoms with van der Waals surface area (Å²) in [6, 6.07) is -0.644. The van der Waals surface area contributed by atoms with Crippen LogP contribution >= 0.6 is 0 Å². The van der Waals surface area contributed by atoms with Gasteiger partial charge in [0.15, 0.2) is 0 Å². The lowest BCUT2D eigenvalue weighted by Gasteiger charge is -2.22. The van der Waals surface area contributed by atoms with Gasteiger partial charge in [0, 0.05) is 0 Å². The average Bonchev–Trinajstić information content (AvgIpc) is 2.32. The highest BCUT2D eigenvalue weighted by molar-refractivity contribution is 5.81. The first-order valence-electron chi connectivity index (χ1n) is 6.52. The standard InChI is InChI=1S/C13H25NO4/c1-6-10(5)11(12(15)17-7-2)14-13(16)18-8-9(3)4/h9-11H,6-8H2,1-5H3,(H,14,16)/t10?,11-/m0/s1. The molecule has 2 atom stereocenters. The van der Waals surface area contributed by atoms with E-state index in [1.54, 1.807) is 6.92 Å². The van der Waals surface area contributed by atoms with E-state index in [2.05, 4.69) is 5.32 Å². The predicted molar refractivity (Wildman–Crippen MR) is 69.2 cm³/mol. The van der Waals surface area contributed by atoms with Crippen LogP contribution in [0.1, 0.15) is 41.0 Å². The first-order chi connectivity index (χ1) is 8.42. The number of hydrogen-bond donors (Lipinski definition) is 1. The Balaban J connectivity index is 4.40. The molecule has 5 heteroatoms. The molecule has 5 nitrogen and oxygen atoms in total. The van der Waals surface area contributed by atoms with E-state index in [9.17, 15) is 9.59 Å². The molecule has 0 aromatic heterocycles. The lowest BCUT2D eigenvalue weighted by Crippen LogP contribution is -2.46. The molecule has 0 heterocycles. The fourth-order valence-electron chi connectivity index (χ4n) is 1.31. The number of nitrogens with one attached hydrogen (secondary N) is 1. The molecule has 0 rings (SSSR count). The van der Waals surface area contributed by atoms with Crippen LogP contribution in [0.5, 0.6) is 0 Å². The molecule has 0 saturated carbocycles. The highest BCUT2D eigenvalue weighted by Gasteiger charge is 2.27. The second kappa shape index (κ2) is 8.78. The number of ether oxygens (including phenoxy) is 2. The zero-order chi connectivity index (χ0) is 14.1. The van der Waals surface area contributed by atoms with E-state index in [0.717, 1.165) is 6.42 Å². The van der Waals surface area contributed by atoms with Crippen molar-refractivity contribution in [3.63, 3.8) is 0 Å². The van der Waals surface area contributed by atoms with Gasteiger partial charge in [-0.3, -0.25) is 0 Å². The number of amides is 1. The third-order valence-corrected chi connectivity index (χ3v) is 2.57. The van der Waals surface area contributed by atoms with Gasteiger partial charge in [-0.15, -0.1) is 0 Å². The molecule has 0 aliphatic rings. The summed E-state index contributed by atoms with van der Waals surface area (Å²) in [4.78, 5) is 23.3. The molecule has 0 saturated heterocycles. The largest absolute Gasteiger partial charge is 0.464 e. The van der Waals surface area contributed by atoms with E-state index in [1.165, 1.54) is 0 Å². The van der Waals surface area contributed by atoms with Crippen molar-refractivity contribution in [3.05, 3.63) is 0 Å². The zero-order valence-corrected chi connectivity index (χ0v) is 12.0. The van der Waals surface area contributed by atoms with Gasteiger partial charge in [-0.1, -0.05) is 34.1 Å². The van der Waals surface area contributed by atoms with Crippen LogP contribution in [0.25, 0.3) is 0 Å². The maximum absolute atomic E-state index is 11.7. The van der Waals surface area contributed by atoms with Crippen molar-refractivity contribution in [1.82, 2.24) is 5.32 Å². The van der Waals surface area contributed by atoms with E-state index in [4.69, 9.17) is 9.47 Å². The van der Waals surface area contributed by atoms with E-state index >= 15 is 0 Å². The Morgan fingerprint density at radius 1 is 1.11 bits per heavy atom. The first kappa shape index (κ1) is 16.7. The lowest BCUT2D eigenvalue weighted by atomic mass is 9.99. The fraction of sp³-hybridized carbons (Fsp3) is 0.846. The van der Waals surface area contributed by atoms with Crippen LogP contribution < -0.4 is 5.32 Å². The number of carbonyl (C=O) groups is 2. The molecule has 0 aromatic rings. The monoisotopic (exact) mass is 259 g/mol. The molecular weight excluding hydrogens is 234 g/mol. The van der Waals surface area contributed by atoms with Gasteiger partial charge < -0.3 is 14.8 Å². The van der Waals surface area contributed by atoms with Crippen molar-refractivity contribution >= 4 is 12.1 Å². The highest BCUT2D eigenvalue weighted by atomic mass is 16.6. The number of rotatable bonds is 7. The average molecular weight is 259 g/mol. The number of hydrogen-bond acceptors (Lipinski definition) is 4. The molecule has 0 fully saturated rings. The van der Waals surface area contributed by atoms with Crippen molar-refractivity contribution in [3.8, 4) is 0 Å². The molecule has 0 aliphatic heterocycles. The molecule has 0 aliphatic carbocycles. The summed E-state index contributed by atoms with van der Waals surface area (Å²) in [6.45, 7) is 10.1. The van der Waals surface area contributed by atoms with Crippen molar-refractivity contribution in [1.29, 1.82) is 0 Å². The summed E-state index contributed by atoms with van der Waals surface area (Å²) < 4.78 is 9.94. The van der Waals surface area contributed by atoms with Crippen LogP contribution in [-0.2, 0) is 14.3 Å². The third kappa shape index (κ3) is 6.47. The Morgan fingerprint density at radius 2 is 1.72 bits per heavy atom. The molecular formula is C13H25NO4. The number of carbonyl (C=O) groups excluding carboxylic acids is 2. The number of esters is 1. The summed E-state index contributed by atoms with van der Waals surface area (Å²) in [6.07, 6.45) is 0.204. The minimum atomic E-state index is -0.644. The SMILES string of the molecule is CCOC(=O)[C@@H](NC(=O)OCC(C)C)C(C)CC. The second-order valence-corrected chi connectivity index (χ2v) is 4.75. The maximum Gasteiger partial charge on any atom is 0.407 e. The van der Waals surface area contributed by atoms with Gasteiger partial charge in [-0.25, -0.2) is 9.59 Å². The molecule has 0 spiro atoms. The molecule has 0 aromatic carbocycles. The van der Waals surface area contributed by atoms with E-state index in [-0.39, 0.29) is 11.8 Å². The summed E-state index contributed by atoms with van der Waals surface area (Å²) in [5.41, 5.74) is 0. The van der Waals surface area contributed by atoms with Gasteiger partial charge >= 0.3 is 12.1 Å². The summed E-state index contributed by atoms with van der Waals surface area (Å²) >= 11 is 0. The van der Waals surface area contributed by atoms with E-state index in [0.29, 0.717) is 13.2 Å². The molecule has 106 valence electrons. The molecule has 0 bridgehead atoms.